The number of nitriles is 1. The zero-order valence-electron chi connectivity index (χ0n) is 8.81. The number of hydrogen-bond donors (Lipinski definition) is 0. The largest absolute Gasteiger partial charge is 0.292 e. The van der Waals surface area contributed by atoms with Gasteiger partial charge in [0.05, 0.1) is 17.4 Å². The van der Waals surface area contributed by atoms with Crippen LogP contribution in [0.15, 0.2) is 36.4 Å². The lowest BCUT2D eigenvalue weighted by molar-refractivity contribution is 0.100. The van der Waals surface area contributed by atoms with E-state index in [0.717, 1.165) is 10.4 Å². The fourth-order valence-corrected chi connectivity index (χ4v) is 2.49. The minimum Gasteiger partial charge on any atom is -0.292 e. The molecule has 0 aliphatic heterocycles. The summed E-state index contributed by atoms with van der Waals surface area (Å²) < 4.78 is 0. The summed E-state index contributed by atoms with van der Waals surface area (Å²) in [6.07, 6.45) is -0.0689. The molecule has 0 bridgehead atoms. The van der Waals surface area contributed by atoms with Crippen molar-refractivity contribution < 1.29 is 4.79 Å². The number of benzene rings is 1. The Morgan fingerprint density at radius 1 is 1.24 bits per heavy atom. The lowest BCUT2D eigenvalue weighted by Gasteiger charge is -1.96. The Labute approximate surface area is 108 Å². The number of carbonyl (C=O) groups is 1. The van der Waals surface area contributed by atoms with E-state index in [-0.39, 0.29) is 12.2 Å². The maximum Gasteiger partial charge on any atom is 0.186 e. The predicted octanol–water partition coefficient (Wildman–Crippen LogP) is 4.16. The Morgan fingerprint density at radius 2 is 1.94 bits per heavy atom. The minimum atomic E-state index is -0.127. The van der Waals surface area contributed by atoms with Crippen molar-refractivity contribution in [3.05, 3.63) is 46.3 Å². The Bertz CT molecular complexity index is 580. The molecule has 0 spiro atoms. The van der Waals surface area contributed by atoms with E-state index in [0.29, 0.717) is 9.90 Å². The molecule has 2 rings (SSSR count). The highest BCUT2D eigenvalue weighted by Gasteiger charge is 2.09. The van der Waals surface area contributed by atoms with Gasteiger partial charge >= 0.3 is 0 Å². The van der Waals surface area contributed by atoms with Crippen molar-refractivity contribution in [1.82, 2.24) is 0 Å². The number of Topliss-reactive ketones (excluding diaryl/α,β-unsaturated/α-hetero) is 1. The van der Waals surface area contributed by atoms with Crippen LogP contribution in [-0.4, -0.2) is 5.78 Å². The van der Waals surface area contributed by atoms with Crippen LogP contribution in [0.4, 0.5) is 0 Å². The molecular weight excluding hydrogens is 254 g/mol. The first-order chi connectivity index (χ1) is 8.20. The maximum absolute atomic E-state index is 11.5. The molecule has 0 aliphatic carbocycles. The lowest BCUT2D eigenvalue weighted by Crippen LogP contribution is -1.91. The molecule has 17 heavy (non-hydrogen) atoms. The quantitative estimate of drug-likeness (QED) is 0.778. The summed E-state index contributed by atoms with van der Waals surface area (Å²) in [6.45, 7) is 0. The number of nitrogens with zero attached hydrogens (tertiary/aromatic N) is 1. The Kier molecular flexibility index (Phi) is 3.58. The summed E-state index contributed by atoms with van der Waals surface area (Å²) in [5.74, 6) is -0.127. The fourth-order valence-electron chi connectivity index (χ4n) is 1.42. The second-order valence-corrected chi connectivity index (χ2v) is 4.95. The van der Waals surface area contributed by atoms with E-state index in [1.54, 1.807) is 6.07 Å². The van der Waals surface area contributed by atoms with Crippen molar-refractivity contribution in [3.8, 4) is 16.5 Å². The molecular formula is C13H8ClNOS. The monoisotopic (exact) mass is 261 g/mol. The van der Waals surface area contributed by atoms with Gasteiger partial charge in [-0.2, -0.15) is 5.26 Å². The Morgan fingerprint density at radius 3 is 2.59 bits per heavy atom. The molecule has 2 aromatic rings. The van der Waals surface area contributed by atoms with E-state index in [9.17, 15) is 4.79 Å². The van der Waals surface area contributed by atoms with Gasteiger partial charge in [0.1, 0.15) is 0 Å². The first-order valence-electron chi connectivity index (χ1n) is 4.96. The van der Waals surface area contributed by atoms with Gasteiger partial charge in [-0.05, 0) is 29.8 Å². The number of carbonyl (C=O) groups excluding carboxylic acids is 1. The summed E-state index contributed by atoms with van der Waals surface area (Å²) in [6, 6.07) is 13.0. The van der Waals surface area contributed by atoms with Crippen LogP contribution in [0, 0.1) is 11.3 Å². The third-order valence-electron chi connectivity index (χ3n) is 2.25. The average Bonchev–Trinajstić information content (AvgIpc) is 2.80. The molecule has 0 saturated heterocycles. The molecule has 0 atom stereocenters. The van der Waals surface area contributed by atoms with Crippen LogP contribution >= 0.6 is 22.9 Å². The fraction of sp³-hybridized carbons (Fsp3) is 0.0769. The topological polar surface area (TPSA) is 40.9 Å². The normalized spacial score (nSPS) is 9.88. The van der Waals surface area contributed by atoms with E-state index in [4.69, 9.17) is 16.9 Å². The van der Waals surface area contributed by atoms with Crippen molar-refractivity contribution in [2.24, 2.45) is 0 Å². The van der Waals surface area contributed by atoms with Crippen LogP contribution in [0.2, 0.25) is 5.02 Å². The molecule has 0 amide bonds. The molecule has 4 heteroatoms. The molecule has 1 aromatic carbocycles. The van der Waals surface area contributed by atoms with E-state index >= 15 is 0 Å². The van der Waals surface area contributed by atoms with Gasteiger partial charge in [-0.1, -0.05) is 23.7 Å². The first-order valence-corrected chi connectivity index (χ1v) is 6.16. The number of hydrogen-bond acceptors (Lipinski definition) is 3. The van der Waals surface area contributed by atoms with Crippen LogP contribution in [0.5, 0.6) is 0 Å². The van der Waals surface area contributed by atoms with E-state index in [1.807, 2.05) is 36.4 Å². The van der Waals surface area contributed by atoms with Crippen LogP contribution in [0.3, 0.4) is 0 Å². The van der Waals surface area contributed by atoms with Crippen molar-refractivity contribution >= 4 is 28.7 Å². The Balaban J connectivity index is 2.27. The third kappa shape index (κ3) is 2.73. The highest BCUT2D eigenvalue weighted by molar-refractivity contribution is 7.17. The molecule has 0 saturated carbocycles. The van der Waals surface area contributed by atoms with Crippen molar-refractivity contribution in [3.63, 3.8) is 0 Å². The molecule has 0 radical (unpaired) electrons. The predicted molar refractivity (Wildman–Crippen MR) is 69.3 cm³/mol. The van der Waals surface area contributed by atoms with E-state index in [1.165, 1.54) is 11.3 Å². The number of rotatable bonds is 3. The summed E-state index contributed by atoms with van der Waals surface area (Å²) >= 11 is 7.21. The van der Waals surface area contributed by atoms with E-state index < -0.39 is 0 Å². The third-order valence-corrected chi connectivity index (χ3v) is 3.68. The van der Waals surface area contributed by atoms with Gasteiger partial charge in [-0.25, -0.2) is 0 Å². The second-order valence-electron chi connectivity index (χ2n) is 3.43. The number of thiophene rings is 1. The van der Waals surface area contributed by atoms with Gasteiger partial charge in [0, 0.05) is 9.90 Å². The Hall–Kier alpha value is -1.63. The standard InChI is InChI=1S/C13H8ClNOS/c14-10-3-1-9(2-4-10)12-5-6-13(17-12)11(16)7-8-15/h1-6H,7H2. The lowest BCUT2D eigenvalue weighted by atomic mass is 10.2. The van der Waals surface area contributed by atoms with Crippen molar-refractivity contribution in [2.45, 2.75) is 6.42 Å². The molecule has 1 heterocycles. The maximum atomic E-state index is 11.5. The minimum absolute atomic E-state index is 0.0689. The van der Waals surface area contributed by atoms with Crippen LogP contribution < -0.4 is 0 Å². The molecule has 0 aliphatic rings. The van der Waals surface area contributed by atoms with Gasteiger partial charge < -0.3 is 0 Å². The van der Waals surface area contributed by atoms with Gasteiger partial charge in [0.2, 0.25) is 0 Å². The summed E-state index contributed by atoms with van der Waals surface area (Å²) in [4.78, 5) is 13.1. The first kappa shape index (κ1) is 11.8. The molecule has 0 N–H and O–H groups in total. The zero-order valence-corrected chi connectivity index (χ0v) is 10.4. The average molecular weight is 262 g/mol. The van der Waals surface area contributed by atoms with Crippen LogP contribution in [-0.2, 0) is 0 Å². The highest BCUT2D eigenvalue weighted by Crippen LogP contribution is 2.29. The van der Waals surface area contributed by atoms with E-state index in [2.05, 4.69) is 0 Å². The van der Waals surface area contributed by atoms with Crippen LogP contribution in [0.25, 0.3) is 10.4 Å². The summed E-state index contributed by atoms with van der Waals surface area (Å²) in [5.41, 5.74) is 1.02. The van der Waals surface area contributed by atoms with Crippen molar-refractivity contribution in [2.75, 3.05) is 0 Å². The number of halogens is 1. The molecule has 0 unspecified atom stereocenters. The SMILES string of the molecule is N#CCC(=O)c1ccc(-c2ccc(Cl)cc2)s1. The molecule has 0 fully saturated rings. The summed E-state index contributed by atoms with van der Waals surface area (Å²) in [5, 5.41) is 9.16. The van der Waals surface area contributed by atoms with Crippen LogP contribution in [0.1, 0.15) is 16.1 Å². The smallest absolute Gasteiger partial charge is 0.186 e. The zero-order chi connectivity index (χ0) is 12.3. The van der Waals surface area contributed by atoms with Crippen molar-refractivity contribution in [1.29, 1.82) is 5.26 Å². The second kappa shape index (κ2) is 5.13. The van der Waals surface area contributed by atoms with Gasteiger partial charge in [0.15, 0.2) is 5.78 Å². The molecule has 2 nitrogen and oxygen atoms in total. The molecule has 84 valence electrons. The summed E-state index contributed by atoms with van der Waals surface area (Å²) in [7, 11) is 0. The highest BCUT2D eigenvalue weighted by atomic mass is 35.5. The number of ketones is 1. The van der Waals surface area contributed by atoms with Gasteiger partial charge in [-0.15, -0.1) is 11.3 Å². The van der Waals surface area contributed by atoms with Gasteiger partial charge in [-0.3, -0.25) is 4.79 Å². The van der Waals surface area contributed by atoms with Gasteiger partial charge in [0.25, 0.3) is 0 Å². The molecule has 1 aromatic heterocycles.